The van der Waals surface area contributed by atoms with E-state index in [0.717, 1.165) is 6.42 Å². The molecule has 1 aromatic rings. The third-order valence-electron chi connectivity index (χ3n) is 5.87. The van der Waals surface area contributed by atoms with Crippen molar-refractivity contribution in [2.45, 2.75) is 33.1 Å². The summed E-state index contributed by atoms with van der Waals surface area (Å²) in [4.78, 5) is 12.5. The van der Waals surface area contributed by atoms with E-state index in [1.54, 1.807) is 24.3 Å². The minimum atomic E-state index is -3.74. The van der Waals surface area contributed by atoms with E-state index < -0.39 is 15.4 Å². The Morgan fingerprint density at radius 2 is 2.09 bits per heavy atom. The van der Waals surface area contributed by atoms with Gasteiger partial charge in [0.2, 0.25) is 0 Å². The van der Waals surface area contributed by atoms with Gasteiger partial charge in [0.05, 0.1) is 17.1 Å². The minimum absolute atomic E-state index is 0.0863. The first-order valence-electron chi connectivity index (χ1n) is 7.83. The smallest absolute Gasteiger partial charge is 0.140 e. The van der Waals surface area contributed by atoms with Gasteiger partial charge in [-0.05, 0) is 36.3 Å². The number of benzene rings is 1. The van der Waals surface area contributed by atoms with Crippen LogP contribution in [0.5, 0.6) is 5.75 Å². The van der Waals surface area contributed by atoms with Gasteiger partial charge in [0.1, 0.15) is 11.5 Å². The van der Waals surface area contributed by atoms with Gasteiger partial charge >= 0.3 is 0 Å². The van der Waals surface area contributed by atoms with Crippen molar-refractivity contribution in [2.24, 2.45) is 16.7 Å². The van der Waals surface area contributed by atoms with Crippen LogP contribution in [-0.2, 0) is 14.8 Å². The zero-order valence-electron chi connectivity index (χ0n) is 13.7. The molecule has 0 N–H and O–H groups in total. The molecular formula is C17H22NO4S-. The Kier molecular flexibility index (Phi) is 3.71. The molecule has 126 valence electrons. The second kappa shape index (κ2) is 5.23. The van der Waals surface area contributed by atoms with E-state index in [9.17, 15) is 13.2 Å². The molecule has 2 fully saturated rings. The summed E-state index contributed by atoms with van der Waals surface area (Å²) in [6, 6.07) is 6.63. The molecule has 0 aliphatic heterocycles. The van der Waals surface area contributed by atoms with Crippen LogP contribution in [0.15, 0.2) is 24.3 Å². The summed E-state index contributed by atoms with van der Waals surface area (Å²) in [5, 5.41) is 0. The highest BCUT2D eigenvalue weighted by Gasteiger charge is 2.64. The molecular weight excluding hydrogens is 314 g/mol. The molecule has 2 aliphatic rings. The molecule has 5 nitrogen and oxygen atoms in total. The van der Waals surface area contributed by atoms with E-state index in [2.05, 4.69) is 4.72 Å². The van der Waals surface area contributed by atoms with Crippen LogP contribution in [0.3, 0.4) is 0 Å². The molecule has 0 aromatic heterocycles. The fraction of sp³-hybridized carbons (Fsp3) is 0.588. The SMILES string of the molecule is COc1cccc([N-]S(=O)(=O)CC23CCC(CC2=O)C3(C)C)c1. The first-order chi connectivity index (χ1) is 10.7. The van der Waals surface area contributed by atoms with E-state index in [4.69, 9.17) is 4.74 Å². The molecule has 1 aromatic carbocycles. The molecule has 0 saturated heterocycles. The Morgan fingerprint density at radius 3 is 2.65 bits per heavy atom. The zero-order chi connectivity index (χ0) is 16.9. The van der Waals surface area contributed by atoms with E-state index in [1.807, 2.05) is 13.8 Å². The van der Waals surface area contributed by atoms with Gasteiger partial charge in [-0.25, -0.2) is 8.42 Å². The highest BCUT2D eigenvalue weighted by Crippen LogP contribution is 2.64. The Labute approximate surface area is 137 Å². The summed E-state index contributed by atoms with van der Waals surface area (Å²) in [6.45, 7) is 4.05. The number of fused-ring (bicyclic) bond motifs is 2. The number of Topliss-reactive ketones (excluding diaryl/α,β-unsaturated/α-hetero) is 1. The summed E-state index contributed by atoms with van der Waals surface area (Å²) in [5.74, 6) is 0.738. The van der Waals surface area contributed by atoms with Crippen LogP contribution in [0.4, 0.5) is 5.69 Å². The van der Waals surface area contributed by atoms with Gasteiger partial charge in [-0.3, -0.25) is 4.79 Å². The van der Waals surface area contributed by atoms with E-state index in [0.29, 0.717) is 30.2 Å². The lowest BCUT2D eigenvalue weighted by Crippen LogP contribution is -2.41. The number of sulfonamides is 1. The number of carbonyl (C=O) groups excluding carboxylic acids is 1. The zero-order valence-corrected chi connectivity index (χ0v) is 14.5. The largest absolute Gasteiger partial charge is 0.577 e. The first-order valence-corrected chi connectivity index (χ1v) is 9.44. The molecule has 6 heteroatoms. The normalized spacial score (nSPS) is 28.8. The van der Waals surface area contributed by atoms with Crippen LogP contribution >= 0.6 is 0 Å². The lowest BCUT2D eigenvalue weighted by atomic mass is 9.70. The van der Waals surface area contributed by atoms with Gasteiger partial charge in [0.15, 0.2) is 0 Å². The van der Waals surface area contributed by atoms with Crippen LogP contribution in [0, 0.1) is 16.7 Å². The number of ether oxygens (including phenoxy) is 1. The van der Waals surface area contributed by atoms with Crippen LogP contribution in [0.2, 0.25) is 0 Å². The number of nitrogens with zero attached hydrogens (tertiary/aromatic N) is 1. The Morgan fingerprint density at radius 1 is 1.35 bits per heavy atom. The van der Waals surface area contributed by atoms with Gasteiger partial charge < -0.3 is 9.46 Å². The van der Waals surface area contributed by atoms with Crippen molar-refractivity contribution in [1.82, 2.24) is 0 Å². The molecule has 2 unspecified atom stereocenters. The van der Waals surface area contributed by atoms with E-state index in [1.165, 1.54) is 7.11 Å². The highest BCUT2D eigenvalue weighted by atomic mass is 32.2. The fourth-order valence-electron chi connectivity index (χ4n) is 4.28. The van der Waals surface area contributed by atoms with Crippen LogP contribution in [-0.4, -0.2) is 27.1 Å². The summed E-state index contributed by atoms with van der Waals surface area (Å²) < 4.78 is 34.2. The lowest BCUT2D eigenvalue weighted by molar-refractivity contribution is -0.128. The number of hydrogen-bond donors (Lipinski definition) is 0. The topological polar surface area (TPSA) is 74.5 Å². The standard InChI is InChI=1S/C17H22NO4S/c1-16(2)12-7-8-17(16,15(19)9-12)11-23(20,21)18-13-5-4-6-14(10-13)22-3/h4-6,10,12H,7-9,11H2,1-3H3/q-1. The molecule has 0 spiro atoms. The van der Waals surface area contributed by atoms with Crippen LogP contribution in [0.1, 0.15) is 33.1 Å². The molecule has 3 rings (SSSR count). The van der Waals surface area contributed by atoms with Gasteiger partial charge in [-0.2, -0.15) is 0 Å². The van der Waals surface area contributed by atoms with Gasteiger partial charge in [-0.1, -0.05) is 26.0 Å². The van der Waals surface area contributed by atoms with Crippen molar-refractivity contribution in [3.63, 3.8) is 0 Å². The number of hydrogen-bond acceptors (Lipinski definition) is 4. The second-order valence-electron chi connectivity index (χ2n) is 7.19. The maximum Gasteiger partial charge on any atom is 0.140 e. The third kappa shape index (κ3) is 2.53. The summed E-state index contributed by atoms with van der Waals surface area (Å²) in [6.07, 6.45) is 2.07. The predicted molar refractivity (Wildman–Crippen MR) is 88.4 cm³/mol. The average Bonchev–Trinajstić information content (AvgIpc) is 2.80. The summed E-state index contributed by atoms with van der Waals surface area (Å²) >= 11 is 0. The Bertz CT molecular complexity index is 741. The quantitative estimate of drug-likeness (QED) is 0.825. The van der Waals surface area contributed by atoms with Crippen molar-refractivity contribution >= 4 is 21.5 Å². The molecule has 2 saturated carbocycles. The number of ketones is 1. The van der Waals surface area contributed by atoms with Crippen molar-refractivity contribution in [2.75, 3.05) is 12.9 Å². The van der Waals surface area contributed by atoms with E-state index in [-0.39, 0.29) is 17.0 Å². The molecule has 2 aliphatic carbocycles. The Hall–Kier alpha value is -1.56. The molecule has 2 atom stereocenters. The minimum Gasteiger partial charge on any atom is -0.577 e. The molecule has 0 radical (unpaired) electrons. The average molecular weight is 336 g/mol. The van der Waals surface area contributed by atoms with Gasteiger partial charge in [0.25, 0.3) is 0 Å². The lowest BCUT2D eigenvalue weighted by Gasteiger charge is -2.38. The predicted octanol–water partition coefficient (Wildman–Crippen LogP) is 3.43. The fourth-order valence-corrected chi connectivity index (χ4v) is 6.08. The van der Waals surface area contributed by atoms with E-state index >= 15 is 0 Å². The van der Waals surface area contributed by atoms with Crippen molar-refractivity contribution in [3.8, 4) is 5.75 Å². The van der Waals surface area contributed by atoms with Crippen molar-refractivity contribution < 1.29 is 17.9 Å². The number of methoxy groups -OCH3 is 1. The molecule has 0 heterocycles. The van der Waals surface area contributed by atoms with Crippen LogP contribution in [0.25, 0.3) is 4.72 Å². The monoisotopic (exact) mass is 336 g/mol. The van der Waals surface area contributed by atoms with Gasteiger partial charge in [-0.15, -0.1) is 5.69 Å². The van der Waals surface area contributed by atoms with Crippen molar-refractivity contribution in [1.29, 1.82) is 0 Å². The molecule has 0 amide bonds. The second-order valence-corrected chi connectivity index (χ2v) is 8.82. The number of rotatable bonds is 5. The van der Waals surface area contributed by atoms with Crippen LogP contribution < -0.4 is 4.74 Å². The van der Waals surface area contributed by atoms with Gasteiger partial charge in [0, 0.05) is 17.6 Å². The summed E-state index contributed by atoms with van der Waals surface area (Å²) in [7, 11) is -2.22. The molecule has 2 bridgehead atoms. The summed E-state index contributed by atoms with van der Waals surface area (Å²) in [5.41, 5.74) is -0.724. The third-order valence-corrected chi connectivity index (χ3v) is 7.21. The maximum atomic E-state index is 12.6. The highest BCUT2D eigenvalue weighted by molar-refractivity contribution is 7.94. The van der Waals surface area contributed by atoms with Crippen molar-refractivity contribution in [3.05, 3.63) is 29.0 Å². The number of carbonyl (C=O) groups is 1. The Balaban J connectivity index is 1.85. The first kappa shape index (κ1) is 16.3. The molecule has 23 heavy (non-hydrogen) atoms. The maximum absolute atomic E-state index is 12.6.